The van der Waals surface area contributed by atoms with Crippen LogP contribution < -0.4 is 22.0 Å². The van der Waals surface area contributed by atoms with Crippen molar-refractivity contribution in [3.8, 4) is 16.9 Å². The highest BCUT2D eigenvalue weighted by Gasteiger charge is 2.27. The molecule has 3 heteroatoms. The van der Waals surface area contributed by atoms with Gasteiger partial charge in [0.05, 0.1) is 26.2 Å². The van der Waals surface area contributed by atoms with Crippen LogP contribution in [0.5, 0.6) is 5.75 Å². The normalized spacial score (nSPS) is 16.1. The van der Waals surface area contributed by atoms with Gasteiger partial charge in [-0.3, -0.25) is 0 Å². The molecule has 0 fully saturated rings. The summed E-state index contributed by atoms with van der Waals surface area (Å²) in [5.41, 5.74) is 5.85. The molecule has 0 saturated carbocycles. The number of halogens is 1. The van der Waals surface area contributed by atoms with Crippen molar-refractivity contribution in [1.82, 2.24) is 0 Å². The molecule has 0 bridgehead atoms. The van der Waals surface area contributed by atoms with Gasteiger partial charge in [-0.1, -0.05) is 44.2 Å². The van der Waals surface area contributed by atoms with E-state index in [1.807, 2.05) is 4.90 Å². The summed E-state index contributed by atoms with van der Waals surface area (Å²) < 4.78 is 5.30. The summed E-state index contributed by atoms with van der Waals surface area (Å²) in [5.74, 6) is 0.923. The monoisotopic (exact) mass is 373 g/mol. The number of benzene rings is 2. The molecule has 0 saturated heterocycles. The van der Waals surface area contributed by atoms with E-state index in [1.54, 1.807) is 18.2 Å². The van der Waals surface area contributed by atoms with Gasteiger partial charge in [0.1, 0.15) is 5.75 Å². The van der Waals surface area contributed by atoms with E-state index >= 15 is 0 Å². The number of nitrogens with one attached hydrogen (secondary N) is 1. The van der Waals surface area contributed by atoms with E-state index < -0.39 is 0 Å². The lowest BCUT2D eigenvalue weighted by Gasteiger charge is -2.33. The molecule has 0 unspecified atom stereocenters. The fourth-order valence-electron chi connectivity index (χ4n) is 4.37. The quantitative estimate of drug-likeness (QED) is 0.762. The van der Waals surface area contributed by atoms with Crippen LogP contribution in [0.2, 0.25) is 0 Å². The number of hydrogen-bond acceptors (Lipinski definition) is 1. The van der Waals surface area contributed by atoms with E-state index in [0.717, 1.165) is 11.8 Å². The van der Waals surface area contributed by atoms with Crippen molar-refractivity contribution in [2.45, 2.75) is 52.0 Å². The molecule has 0 aliphatic heterocycles. The van der Waals surface area contributed by atoms with Crippen molar-refractivity contribution >= 4 is 0 Å². The Balaban J connectivity index is 0.00000243. The molecule has 2 nitrogen and oxygen atoms in total. The zero-order chi connectivity index (χ0) is 17.6. The lowest BCUT2D eigenvalue weighted by Crippen LogP contribution is -3.16. The largest absolute Gasteiger partial charge is 1.00 e. The van der Waals surface area contributed by atoms with E-state index in [0.29, 0.717) is 0 Å². The molecule has 1 atom stereocenters. The third kappa shape index (κ3) is 4.61. The maximum Gasteiger partial charge on any atom is 0.118 e. The van der Waals surface area contributed by atoms with Crippen LogP contribution in [0.4, 0.5) is 0 Å². The number of rotatable bonds is 7. The summed E-state index contributed by atoms with van der Waals surface area (Å²) in [4.78, 5) is 1.81. The highest BCUT2D eigenvalue weighted by atomic mass is 35.5. The Morgan fingerprint density at radius 2 is 1.69 bits per heavy atom. The Morgan fingerprint density at radius 3 is 2.31 bits per heavy atom. The highest BCUT2D eigenvalue weighted by molar-refractivity contribution is 5.69. The molecule has 2 aromatic carbocycles. The van der Waals surface area contributed by atoms with Gasteiger partial charge in [-0.25, -0.2) is 0 Å². The topological polar surface area (TPSA) is 13.7 Å². The molecule has 26 heavy (non-hydrogen) atoms. The molecule has 142 valence electrons. The van der Waals surface area contributed by atoms with Crippen LogP contribution in [-0.2, 0) is 12.8 Å². The van der Waals surface area contributed by atoms with Gasteiger partial charge in [-0.05, 0) is 53.6 Å². The van der Waals surface area contributed by atoms with Crippen LogP contribution in [0.3, 0.4) is 0 Å². The van der Waals surface area contributed by atoms with Gasteiger partial charge in [0, 0.05) is 12.8 Å². The van der Waals surface area contributed by atoms with Crippen LogP contribution in [0.1, 0.15) is 44.2 Å². The Labute approximate surface area is 165 Å². The van der Waals surface area contributed by atoms with Crippen LogP contribution in [0.15, 0.2) is 42.5 Å². The van der Waals surface area contributed by atoms with E-state index in [9.17, 15) is 0 Å². The molecule has 2 aromatic rings. The van der Waals surface area contributed by atoms with E-state index in [2.05, 4.69) is 56.3 Å². The fourth-order valence-corrected chi connectivity index (χ4v) is 4.37. The maximum absolute atomic E-state index is 5.30. The van der Waals surface area contributed by atoms with Gasteiger partial charge in [-0.2, -0.15) is 0 Å². The van der Waals surface area contributed by atoms with Gasteiger partial charge in [-0.15, -0.1) is 0 Å². The number of methoxy groups -OCH3 is 1. The van der Waals surface area contributed by atoms with Crippen molar-refractivity contribution in [1.29, 1.82) is 0 Å². The minimum absolute atomic E-state index is 0. The molecular weight excluding hydrogens is 342 g/mol. The molecule has 1 aliphatic rings. The smallest absolute Gasteiger partial charge is 0.118 e. The predicted octanol–water partition coefficient (Wildman–Crippen LogP) is 0.928. The van der Waals surface area contributed by atoms with Crippen LogP contribution in [0, 0.1) is 0 Å². The minimum atomic E-state index is 0. The molecule has 1 N–H and O–H groups in total. The fraction of sp³-hybridized carbons (Fsp3) is 0.478. The third-order valence-electron chi connectivity index (χ3n) is 5.60. The van der Waals surface area contributed by atoms with Gasteiger partial charge in [0.2, 0.25) is 0 Å². The molecule has 3 rings (SSSR count). The van der Waals surface area contributed by atoms with Crippen molar-refractivity contribution < 1.29 is 22.0 Å². The van der Waals surface area contributed by atoms with Gasteiger partial charge in [0.25, 0.3) is 0 Å². The summed E-state index contributed by atoms with van der Waals surface area (Å²) in [5, 5.41) is 0. The average Bonchev–Trinajstić information content (AvgIpc) is 2.67. The van der Waals surface area contributed by atoms with Gasteiger partial charge < -0.3 is 22.0 Å². The zero-order valence-electron chi connectivity index (χ0n) is 16.4. The second-order valence-corrected chi connectivity index (χ2v) is 7.27. The SMILES string of the molecule is CCC[NH+](CCC)[C@H]1CCc2c(cccc2-c2ccc(OC)cc2)C1.[Cl-]. The van der Waals surface area contributed by atoms with Crippen LogP contribution in [0.25, 0.3) is 11.1 Å². The molecular formula is C23H32ClNO. The summed E-state index contributed by atoms with van der Waals surface area (Å²) in [7, 11) is 1.72. The standard InChI is InChI=1S/C23H31NO.ClH/c1-4-15-24(16-5-2)20-11-14-23-19(17-20)7-6-8-22(23)18-9-12-21(25-3)13-10-18;/h6-10,12-13,20H,4-5,11,14-17H2,1-3H3;1H/t20-;/m0./s1. The number of ether oxygens (including phenoxy) is 1. The minimum Gasteiger partial charge on any atom is -1.00 e. The van der Waals surface area contributed by atoms with Gasteiger partial charge in [0.15, 0.2) is 0 Å². The second kappa shape index (κ2) is 9.99. The van der Waals surface area contributed by atoms with E-state index in [4.69, 9.17) is 4.74 Å². The number of fused-ring (bicyclic) bond motifs is 1. The van der Waals surface area contributed by atoms with Crippen molar-refractivity contribution in [3.63, 3.8) is 0 Å². The first-order valence-electron chi connectivity index (χ1n) is 9.86. The number of quaternary nitrogens is 1. The van der Waals surface area contributed by atoms with Crippen molar-refractivity contribution in [2.24, 2.45) is 0 Å². The predicted molar refractivity (Wildman–Crippen MR) is 106 cm³/mol. The maximum atomic E-state index is 5.30. The summed E-state index contributed by atoms with van der Waals surface area (Å²) in [6, 6.07) is 16.2. The van der Waals surface area contributed by atoms with E-state index in [-0.39, 0.29) is 12.4 Å². The van der Waals surface area contributed by atoms with Crippen LogP contribution >= 0.6 is 0 Å². The molecule has 0 amide bonds. The number of hydrogen-bond donors (Lipinski definition) is 1. The zero-order valence-corrected chi connectivity index (χ0v) is 17.1. The Hall–Kier alpha value is -1.51. The molecule has 0 aromatic heterocycles. The van der Waals surface area contributed by atoms with Crippen molar-refractivity contribution in [2.75, 3.05) is 20.2 Å². The van der Waals surface area contributed by atoms with E-state index in [1.165, 1.54) is 56.3 Å². The first-order valence-corrected chi connectivity index (χ1v) is 9.86. The summed E-state index contributed by atoms with van der Waals surface area (Å²) in [6.45, 7) is 7.25. The Kier molecular flexibility index (Phi) is 7.99. The first kappa shape index (κ1) is 20.8. The highest BCUT2D eigenvalue weighted by Crippen LogP contribution is 2.32. The third-order valence-corrected chi connectivity index (χ3v) is 5.60. The summed E-state index contributed by atoms with van der Waals surface area (Å²) in [6.07, 6.45) is 6.32. The Morgan fingerprint density at radius 1 is 1.00 bits per heavy atom. The van der Waals surface area contributed by atoms with Crippen molar-refractivity contribution in [3.05, 3.63) is 53.6 Å². The lowest BCUT2D eigenvalue weighted by atomic mass is 9.83. The summed E-state index contributed by atoms with van der Waals surface area (Å²) >= 11 is 0. The van der Waals surface area contributed by atoms with Crippen LogP contribution in [-0.4, -0.2) is 26.2 Å². The molecule has 0 heterocycles. The molecule has 1 aliphatic carbocycles. The second-order valence-electron chi connectivity index (χ2n) is 7.27. The average molecular weight is 374 g/mol. The lowest BCUT2D eigenvalue weighted by molar-refractivity contribution is -0.926. The molecule has 0 spiro atoms. The first-order chi connectivity index (χ1) is 12.3. The van der Waals surface area contributed by atoms with Gasteiger partial charge >= 0.3 is 0 Å². The Bertz CT molecular complexity index is 677. The molecule has 0 radical (unpaired) electrons.